The molecule has 0 saturated carbocycles. The summed E-state index contributed by atoms with van der Waals surface area (Å²) in [5, 5.41) is 6.74. The Balaban J connectivity index is 2.78. The smallest absolute Gasteiger partial charge is 0.110 e. The molecule has 1 rings (SSSR count). The van der Waals surface area contributed by atoms with Crippen molar-refractivity contribution in [2.24, 2.45) is 0 Å². The Morgan fingerprint density at radius 2 is 2.14 bits per heavy atom. The van der Waals surface area contributed by atoms with Crippen molar-refractivity contribution in [3.8, 4) is 0 Å². The molecule has 0 fully saturated rings. The molecule has 0 saturated heterocycles. The fraction of sp³-hybridized carbons (Fsp3) is 0.727. The van der Waals surface area contributed by atoms with E-state index in [2.05, 4.69) is 50.3 Å². The van der Waals surface area contributed by atoms with Gasteiger partial charge in [-0.2, -0.15) is 0 Å². The molecule has 3 heteroatoms. The molecule has 1 atom stereocenters. The second kappa shape index (κ2) is 4.41. The van der Waals surface area contributed by atoms with Gasteiger partial charge in [0.2, 0.25) is 0 Å². The molecule has 0 aliphatic heterocycles. The first kappa shape index (κ1) is 11.7. The van der Waals surface area contributed by atoms with Gasteiger partial charge in [-0.05, 0) is 13.5 Å². The number of nitrogens with zero attached hydrogens (tertiary/aromatic N) is 1. The third-order valence-corrected chi connectivity index (χ3v) is 3.20. The van der Waals surface area contributed by atoms with Gasteiger partial charge in [-0.3, -0.25) is 0 Å². The van der Waals surface area contributed by atoms with Crippen LogP contribution in [0.25, 0.3) is 0 Å². The minimum absolute atomic E-state index is 0.167. The number of thiazole rings is 1. The molecule has 0 aliphatic carbocycles. The van der Waals surface area contributed by atoms with Gasteiger partial charge in [0.05, 0.1) is 11.7 Å². The van der Waals surface area contributed by atoms with Gasteiger partial charge in [-0.1, -0.05) is 27.7 Å². The monoisotopic (exact) mass is 212 g/mol. The highest BCUT2D eigenvalue weighted by molar-refractivity contribution is 7.09. The van der Waals surface area contributed by atoms with Crippen molar-refractivity contribution < 1.29 is 0 Å². The van der Waals surface area contributed by atoms with Crippen LogP contribution >= 0.6 is 11.3 Å². The maximum atomic E-state index is 4.66. The van der Waals surface area contributed by atoms with E-state index in [0.717, 1.165) is 6.54 Å². The molecule has 1 heterocycles. The number of aromatic nitrogens is 1. The Bertz CT molecular complexity index is 286. The molecular formula is C11H20N2S. The lowest BCUT2D eigenvalue weighted by Gasteiger charge is -2.15. The summed E-state index contributed by atoms with van der Waals surface area (Å²) >= 11 is 1.75. The molecule has 0 bridgehead atoms. The third kappa shape index (κ3) is 2.79. The summed E-state index contributed by atoms with van der Waals surface area (Å²) in [4.78, 5) is 4.66. The molecule has 0 aromatic carbocycles. The Morgan fingerprint density at radius 1 is 1.50 bits per heavy atom. The summed E-state index contributed by atoms with van der Waals surface area (Å²) < 4.78 is 0. The van der Waals surface area contributed by atoms with E-state index in [4.69, 9.17) is 0 Å². The van der Waals surface area contributed by atoms with Crippen molar-refractivity contribution in [1.29, 1.82) is 0 Å². The zero-order chi connectivity index (χ0) is 10.8. The highest BCUT2D eigenvalue weighted by Gasteiger charge is 2.18. The van der Waals surface area contributed by atoms with E-state index in [-0.39, 0.29) is 5.41 Å². The van der Waals surface area contributed by atoms with E-state index in [9.17, 15) is 0 Å². The SMILES string of the molecule is CCNC(C)c1nc(C(C)(C)C)cs1. The third-order valence-electron chi connectivity index (χ3n) is 2.17. The molecule has 0 radical (unpaired) electrons. The van der Waals surface area contributed by atoms with Crippen molar-refractivity contribution in [1.82, 2.24) is 10.3 Å². The van der Waals surface area contributed by atoms with Crippen LogP contribution in [0, 0.1) is 0 Å². The quantitative estimate of drug-likeness (QED) is 0.832. The summed E-state index contributed by atoms with van der Waals surface area (Å²) in [6, 6.07) is 0.376. The van der Waals surface area contributed by atoms with Crippen LogP contribution in [-0.2, 0) is 5.41 Å². The minimum atomic E-state index is 0.167. The van der Waals surface area contributed by atoms with Crippen molar-refractivity contribution in [2.45, 2.75) is 46.1 Å². The summed E-state index contributed by atoms with van der Waals surface area (Å²) in [6.45, 7) is 11.9. The molecule has 0 amide bonds. The fourth-order valence-electron chi connectivity index (χ4n) is 1.22. The van der Waals surface area contributed by atoms with Gasteiger partial charge in [0.25, 0.3) is 0 Å². The Morgan fingerprint density at radius 3 is 2.57 bits per heavy atom. The fourth-order valence-corrected chi connectivity index (χ4v) is 2.30. The van der Waals surface area contributed by atoms with Crippen LogP contribution in [0.5, 0.6) is 0 Å². The topological polar surface area (TPSA) is 24.9 Å². The second-order valence-corrected chi connectivity index (χ2v) is 5.49. The molecule has 1 unspecified atom stereocenters. The van der Waals surface area contributed by atoms with Crippen LogP contribution in [0.4, 0.5) is 0 Å². The first-order chi connectivity index (χ1) is 6.45. The molecule has 14 heavy (non-hydrogen) atoms. The normalized spacial score (nSPS) is 14.4. The largest absolute Gasteiger partial charge is 0.308 e. The van der Waals surface area contributed by atoms with Crippen molar-refractivity contribution >= 4 is 11.3 Å². The summed E-state index contributed by atoms with van der Waals surface area (Å²) in [5.74, 6) is 0. The van der Waals surface area contributed by atoms with Gasteiger partial charge >= 0.3 is 0 Å². The standard InChI is InChI=1S/C11H20N2S/c1-6-12-8(2)10-13-9(7-14-10)11(3,4)5/h7-8,12H,6H2,1-5H3. The maximum absolute atomic E-state index is 4.66. The summed E-state index contributed by atoms with van der Waals surface area (Å²) in [5.41, 5.74) is 1.36. The number of hydrogen-bond donors (Lipinski definition) is 1. The lowest BCUT2D eigenvalue weighted by molar-refractivity contribution is 0.555. The first-order valence-corrected chi connectivity index (χ1v) is 6.02. The first-order valence-electron chi connectivity index (χ1n) is 5.14. The van der Waals surface area contributed by atoms with Crippen LogP contribution in [0.2, 0.25) is 0 Å². The lowest BCUT2D eigenvalue weighted by atomic mass is 9.93. The van der Waals surface area contributed by atoms with Crippen LogP contribution < -0.4 is 5.32 Å². The molecular weight excluding hydrogens is 192 g/mol. The van der Waals surface area contributed by atoms with Gasteiger partial charge < -0.3 is 5.32 Å². The van der Waals surface area contributed by atoms with E-state index >= 15 is 0 Å². The molecule has 2 nitrogen and oxygen atoms in total. The Kier molecular flexibility index (Phi) is 3.67. The van der Waals surface area contributed by atoms with E-state index in [0.29, 0.717) is 6.04 Å². The van der Waals surface area contributed by atoms with Gasteiger partial charge in [-0.25, -0.2) is 4.98 Å². The predicted molar refractivity (Wildman–Crippen MR) is 62.9 cm³/mol. The van der Waals surface area contributed by atoms with E-state index in [1.165, 1.54) is 10.7 Å². The van der Waals surface area contributed by atoms with Crippen LogP contribution in [0.1, 0.15) is 51.4 Å². The Labute approximate surface area is 90.8 Å². The molecule has 1 aromatic rings. The Hall–Kier alpha value is -0.410. The lowest BCUT2D eigenvalue weighted by Crippen LogP contribution is -2.18. The van der Waals surface area contributed by atoms with Crippen molar-refractivity contribution in [3.05, 3.63) is 16.1 Å². The zero-order valence-electron chi connectivity index (χ0n) is 9.72. The molecule has 0 spiro atoms. The predicted octanol–water partition coefficient (Wildman–Crippen LogP) is 3.11. The van der Waals surface area contributed by atoms with Gasteiger partial charge in [-0.15, -0.1) is 11.3 Å². The number of rotatable bonds is 3. The van der Waals surface area contributed by atoms with Crippen LogP contribution in [0.3, 0.4) is 0 Å². The minimum Gasteiger partial charge on any atom is -0.308 e. The van der Waals surface area contributed by atoms with E-state index < -0.39 is 0 Å². The average molecular weight is 212 g/mol. The van der Waals surface area contributed by atoms with Gasteiger partial charge in [0, 0.05) is 10.8 Å². The molecule has 80 valence electrons. The zero-order valence-corrected chi connectivity index (χ0v) is 10.5. The number of nitrogens with one attached hydrogen (secondary N) is 1. The number of hydrogen-bond acceptors (Lipinski definition) is 3. The molecule has 0 aliphatic rings. The summed E-state index contributed by atoms with van der Waals surface area (Å²) in [6.07, 6.45) is 0. The van der Waals surface area contributed by atoms with Crippen LogP contribution in [0.15, 0.2) is 5.38 Å². The molecule has 1 aromatic heterocycles. The average Bonchev–Trinajstić information content (AvgIpc) is 2.51. The van der Waals surface area contributed by atoms with Crippen LogP contribution in [-0.4, -0.2) is 11.5 Å². The summed E-state index contributed by atoms with van der Waals surface area (Å²) in [7, 11) is 0. The van der Waals surface area contributed by atoms with Crippen molar-refractivity contribution in [3.63, 3.8) is 0 Å². The second-order valence-electron chi connectivity index (χ2n) is 4.60. The van der Waals surface area contributed by atoms with E-state index in [1.807, 2.05) is 0 Å². The van der Waals surface area contributed by atoms with E-state index in [1.54, 1.807) is 11.3 Å². The highest BCUT2D eigenvalue weighted by Crippen LogP contribution is 2.26. The van der Waals surface area contributed by atoms with Gasteiger partial charge in [0.15, 0.2) is 0 Å². The van der Waals surface area contributed by atoms with Crippen molar-refractivity contribution in [2.75, 3.05) is 6.54 Å². The maximum Gasteiger partial charge on any atom is 0.110 e. The van der Waals surface area contributed by atoms with Gasteiger partial charge in [0.1, 0.15) is 5.01 Å². The molecule has 1 N–H and O–H groups in total. The highest BCUT2D eigenvalue weighted by atomic mass is 32.1.